The lowest BCUT2D eigenvalue weighted by Gasteiger charge is -2.21. The van der Waals surface area contributed by atoms with Crippen LogP contribution in [0.4, 0.5) is 17.3 Å². The lowest BCUT2D eigenvalue weighted by Crippen LogP contribution is -2.21. The molecule has 5 nitrogen and oxygen atoms in total. The number of aromatic nitrogens is 2. The van der Waals surface area contributed by atoms with Gasteiger partial charge in [0.25, 0.3) is 0 Å². The molecule has 106 valence electrons. The Bertz CT molecular complexity index is 553. The van der Waals surface area contributed by atoms with Gasteiger partial charge in [-0.1, -0.05) is 30.3 Å². The highest BCUT2D eigenvalue weighted by atomic mass is 15.2. The molecule has 0 saturated heterocycles. The van der Waals surface area contributed by atoms with Crippen LogP contribution in [0.15, 0.2) is 36.7 Å². The van der Waals surface area contributed by atoms with Gasteiger partial charge in [-0.05, 0) is 19.4 Å². The summed E-state index contributed by atoms with van der Waals surface area (Å²) in [5.74, 6) is 1.43. The topological polar surface area (TPSA) is 67.1 Å². The first-order chi connectivity index (χ1) is 9.58. The van der Waals surface area contributed by atoms with Crippen molar-refractivity contribution < 1.29 is 0 Å². The van der Waals surface area contributed by atoms with Gasteiger partial charge in [0.2, 0.25) is 0 Å². The van der Waals surface area contributed by atoms with Crippen molar-refractivity contribution in [2.45, 2.75) is 26.4 Å². The SMILES string of the molecule is CC(C)Nc1ncnc(N(C)Cc2ccccc2)c1N. The Balaban J connectivity index is 2.19. The Labute approximate surface area is 119 Å². The second-order valence-electron chi connectivity index (χ2n) is 5.10. The summed E-state index contributed by atoms with van der Waals surface area (Å²) < 4.78 is 0. The van der Waals surface area contributed by atoms with Crippen LogP contribution in [-0.4, -0.2) is 23.1 Å². The molecule has 20 heavy (non-hydrogen) atoms. The standard InChI is InChI=1S/C15H21N5/c1-11(2)19-14-13(16)15(18-10-17-14)20(3)9-12-7-5-4-6-8-12/h4-8,10-11H,9,16H2,1-3H3,(H,17,18,19). The quantitative estimate of drug-likeness (QED) is 0.874. The lowest BCUT2D eigenvalue weighted by molar-refractivity contribution is 0.872. The minimum atomic E-state index is 0.277. The monoisotopic (exact) mass is 271 g/mol. The summed E-state index contributed by atoms with van der Waals surface area (Å²) in [6.45, 7) is 4.85. The molecule has 0 radical (unpaired) electrons. The van der Waals surface area contributed by atoms with E-state index in [-0.39, 0.29) is 6.04 Å². The average molecular weight is 271 g/mol. The maximum absolute atomic E-state index is 6.16. The first-order valence-electron chi connectivity index (χ1n) is 6.70. The number of anilines is 3. The van der Waals surface area contributed by atoms with Gasteiger partial charge in [-0.15, -0.1) is 0 Å². The normalized spacial score (nSPS) is 10.6. The molecule has 1 heterocycles. The number of nitrogen functional groups attached to an aromatic ring is 1. The number of benzene rings is 1. The van der Waals surface area contributed by atoms with Crippen molar-refractivity contribution in [1.29, 1.82) is 0 Å². The minimum Gasteiger partial charge on any atom is -0.393 e. The van der Waals surface area contributed by atoms with Gasteiger partial charge in [0, 0.05) is 19.6 Å². The molecular formula is C15H21N5. The fraction of sp³-hybridized carbons (Fsp3) is 0.333. The number of rotatable bonds is 5. The highest BCUT2D eigenvalue weighted by Gasteiger charge is 2.12. The molecule has 0 amide bonds. The number of nitrogens with zero attached hydrogens (tertiary/aromatic N) is 3. The molecule has 0 aliphatic rings. The van der Waals surface area contributed by atoms with E-state index >= 15 is 0 Å². The zero-order valence-electron chi connectivity index (χ0n) is 12.2. The molecule has 0 aliphatic carbocycles. The molecule has 2 rings (SSSR count). The molecule has 1 aromatic carbocycles. The van der Waals surface area contributed by atoms with Crippen molar-refractivity contribution in [2.24, 2.45) is 0 Å². The summed E-state index contributed by atoms with van der Waals surface area (Å²) in [6.07, 6.45) is 1.54. The summed E-state index contributed by atoms with van der Waals surface area (Å²) in [5, 5.41) is 3.23. The van der Waals surface area contributed by atoms with Crippen molar-refractivity contribution in [1.82, 2.24) is 9.97 Å². The molecule has 0 fully saturated rings. The van der Waals surface area contributed by atoms with Crippen LogP contribution >= 0.6 is 0 Å². The Kier molecular flexibility index (Phi) is 4.40. The number of nitrogens with two attached hydrogens (primary N) is 1. The second kappa shape index (κ2) is 6.23. The molecule has 0 aliphatic heterocycles. The largest absolute Gasteiger partial charge is 0.393 e. The van der Waals surface area contributed by atoms with E-state index in [4.69, 9.17) is 5.73 Å². The van der Waals surface area contributed by atoms with E-state index in [1.54, 1.807) is 0 Å². The Morgan fingerprint density at radius 3 is 2.55 bits per heavy atom. The molecule has 0 atom stereocenters. The lowest BCUT2D eigenvalue weighted by atomic mass is 10.2. The van der Waals surface area contributed by atoms with Crippen molar-refractivity contribution in [3.05, 3.63) is 42.2 Å². The van der Waals surface area contributed by atoms with Crippen LogP contribution in [0.5, 0.6) is 0 Å². The van der Waals surface area contributed by atoms with Crippen LogP contribution in [0.3, 0.4) is 0 Å². The Morgan fingerprint density at radius 2 is 1.90 bits per heavy atom. The van der Waals surface area contributed by atoms with E-state index in [9.17, 15) is 0 Å². The predicted octanol–water partition coefficient (Wildman–Crippen LogP) is 2.52. The highest BCUT2D eigenvalue weighted by molar-refractivity contribution is 5.74. The maximum Gasteiger partial charge on any atom is 0.157 e. The molecule has 3 N–H and O–H groups in total. The van der Waals surface area contributed by atoms with Crippen molar-refractivity contribution >= 4 is 17.3 Å². The van der Waals surface area contributed by atoms with Crippen molar-refractivity contribution in [2.75, 3.05) is 23.0 Å². The van der Waals surface area contributed by atoms with E-state index in [1.165, 1.54) is 11.9 Å². The molecule has 0 spiro atoms. The van der Waals surface area contributed by atoms with E-state index in [2.05, 4.69) is 41.3 Å². The van der Waals surface area contributed by atoms with Crippen molar-refractivity contribution in [3.63, 3.8) is 0 Å². The van der Waals surface area contributed by atoms with Crippen LogP contribution < -0.4 is 16.0 Å². The summed E-state index contributed by atoms with van der Waals surface area (Å²) in [5.41, 5.74) is 7.95. The Morgan fingerprint density at radius 1 is 1.20 bits per heavy atom. The number of hydrogen-bond acceptors (Lipinski definition) is 5. The molecular weight excluding hydrogens is 250 g/mol. The first kappa shape index (κ1) is 14.1. The van der Waals surface area contributed by atoms with Gasteiger partial charge >= 0.3 is 0 Å². The van der Waals surface area contributed by atoms with Gasteiger partial charge in [0.1, 0.15) is 12.0 Å². The summed E-state index contributed by atoms with van der Waals surface area (Å²) in [4.78, 5) is 10.5. The summed E-state index contributed by atoms with van der Waals surface area (Å²) in [6, 6.07) is 10.5. The number of hydrogen-bond donors (Lipinski definition) is 2. The molecule has 0 saturated carbocycles. The average Bonchev–Trinajstić information content (AvgIpc) is 2.41. The van der Waals surface area contributed by atoms with Crippen LogP contribution in [0, 0.1) is 0 Å². The second-order valence-corrected chi connectivity index (χ2v) is 5.10. The van der Waals surface area contributed by atoms with Crippen LogP contribution in [0.1, 0.15) is 19.4 Å². The number of nitrogens with one attached hydrogen (secondary N) is 1. The van der Waals surface area contributed by atoms with Gasteiger partial charge in [0.05, 0.1) is 0 Å². The Hall–Kier alpha value is -2.30. The van der Waals surface area contributed by atoms with Gasteiger partial charge in [-0.25, -0.2) is 9.97 Å². The fourth-order valence-corrected chi connectivity index (χ4v) is 2.01. The third kappa shape index (κ3) is 3.38. The van der Waals surface area contributed by atoms with E-state index in [0.29, 0.717) is 11.5 Å². The fourth-order valence-electron chi connectivity index (χ4n) is 2.01. The molecule has 5 heteroatoms. The first-order valence-corrected chi connectivity index (χ1v) is 6.70. The van der Waals surface area contributed by atoms with Crippen LogP contribution in [-0.2, 0) is 6.54 Å². The van der Waals surface area contributed by atoms with Gasteiger partial charge in [0.15, 0.2) is 11.6 Å². The zero-order valence-corrected chi connectivity index (χ0v) is 12.2. The third-order valence-electron chi connectivity index (χ3n) is 2.91. The van der Waals surface area contributed by atoms with E-state index in [1.807, 2.05) is 30.1 Å². The molecule has 0 bridgehead atoms. The van der Waals surface area contributed by atoms with Crippen molar-refractivity contribution in [3.8, 4) is 0 Å². The molecule has 1 aromatic heterocycles. The maximum atomic E-state index is 6.16. The zero-order chi connectivity index (χ0) is 14.5. The van der Waals surface area contributed by atoms with Gasteiger partial charge < -0.3 is 16.0 Å². The van der Waals surface area contributed by atoms with Crippen LogP contribution in [0.2, 0.25) is 0 Å². The predicted molar refractivity (Wildman–Crippen MR) is 83.8 cm³/mol. The molecule has 2 aromatic rings. The van der Waals surface area contributed by atoms with E-state index in [0.717, 1.165) is 12.4 Å². The summed E-state index contributed by atoms with van der Waals surface area (Å²) in [7, 11) is 1.98. The third-order valence-corrected chi connectivity index (χ3v) is 2.91. The van der Waals surface area contributed by atoms with Crippen LogP contribution in [0.25, 0.3) is 0 Å². The smallest absolute Gasteiger partial charge is 0.157 e. The summed E-state index contributed by atoms with van der Waals surface area (Å²) >= 11 is 0. The van der Waals surface area contributed by atoms with Gasteiger partial charge in [-0.3, -0.25) is 0 Å². The van der Waals surface area contributed by atoms with E-state index < -0.39 is 0 Å². The van der Waals surface area contributed by atoms with Gasteiger partial charge in [-0.2, -0.15) is 0 Å². The highest BCUT2D eigenvalue weighted by Crippen LogP contribution is 2.26. The minimum absolute atomic E-state index is 0.277. The molecule has 0 unspecified atom stereocenters.